The lowest BCUT2D eigenvalue weighted by Gasteiger charge is -2.25. The minimum absolute atomic E-state index is 0.254. The zero-order valence-corrected chi connectivity index (χ0v) is 13.1. The van der Waals surface area contributed by atoms with Gasteiger partial charge >= 0.3 is 5.97 Å². The molecule has 0 saturated carbocycles. The average Bonchev–Trinajstić information content (AvgIpc) is 2.53. The molecule has 0 aromatic heterocycles. The van der Waals surface area contributed by atoms with Gasteiger partial charge in [-0.3, -0.25) is 9.59 Å². The van der Waals surface area contributed by atoms with Crippen LogP contribution < -0.4 is 10.6 Å². The van der Waals surface area contributed by atoms with E-state index in [-0.39, 0.29) is 12.2 Å². The molecule has 2 aromatic rings. The first-order valence-corrected chi connectivity index (χ1v) is 8.67. The Morgan fingerprint density at radius 3 is 1.68 bits per heavy atom. The van der Waals surface area contributed by atoms with Crippen LogP contribution >= 0.6 is 7.14 Å². The predicted octanol–water partition coefficient (Wildman–Crippen LogP) is 2.43. The Labute approximate surface area is 129 Å². The molecule has 0 heterocycles. The molecule has 4 nitrogen and oxygen atoms in total. The number of ketones is 1. The van der Waals surface area contributed by atoms with Crippen LogP contribution in [0.4, 0.5) is 0 Å². The summed E-state index contributed by atoms with van der Waals surface area (Å²) in [5.74, 6) is -1.51. The second-order valence-corrected chi connectivity index (χ2v) is 8.06. The van der Waals surface area contributed by atoms with Crippen molar-refractivity contribution in [2.24, 2.45) is 0 Å². The van der Waals surface area contributed by atoms with E-state index in [0.29, 0.717) is 10.6 Å². The molecule has 0 aliphatic heterocycles. The number of rotatable bonds is 6. The number of aliphatic carboxylic acids is 1. The Morgan fingerprint density at radius 2 is 1.36 bits per heavy atom. The van der Waals surface area contributed by atoms with Crippen molar-refractivity contribution in [3.05, 3.63) is 60.7 Å². The van der Waals surface area contributed by atoms with Gasteiger partial charge in [0.05, 0.1) is 0 Å². The summed E-state index contributed by atoms with van der Waals surface area (Å²) >= 11 is 0. The van der Waals surface area contributed by atoms with Crippen molar-refractivity contribution in [3.8, 4) is 0 Å². The summed E-state index contributed by atoms with van der Waals surface area (Å²) in [6.07, 6.45) is -0.254. The van der Waals surface area contributed by atoms with E-state index in [0.717, 1.165) is 0 Å². The summed E-state index contributed by atoms with van der Waals surface area (Å²) in [6.45, 7) is 1.32. The van der Waals surface area contributed by atoms with Crippen molar-refractivity contribution in [1.82, 2.24) is 0 Å². The second-order valence-electron chi connectivity index (χ2n) is 5.09. The van der Waals surface area contributed by atoms with Gasteiger partial charge in [0.1, 0.15) is 11.4 Å². The van der Waals surface area contributed by atoms with Crippen LogP contribution in [0.5, 0.6) is 0 Å². The lowest BCUT2D eigenvalue weighted by Crippen LogP contribution is -2.33. The normalized spacial score (nSPS) is 12.6. The SMILES string of the molecule is CC(=O)CC(C(=O)O)P(=O)(c1ccccc1)c1ccccc1. The maximum atomic E-state index is 13.8. The molecular weight excluding hydrogens is 299 g/mol. The van der Waals surface area contributed by atoms with E-state index < -0.39 is 18.8 Å². The van der Waals surface area contributed by atoms with Gasteiger partial charge in [0.25, 0.3) is 0 Å². The largest absolute Gasteiger partial charge is 0.481 e. The van der Waals surface area contributed by atoms with Gasteiger partial charge in [-0.25, -0.2) is 0 Å². The molecule has 0 aliphatic carbocycles. The van der Waals surface area contributed by atoms with E-state index in [2.05, 4.69) is 0 Å². The predicted molar refractivity (Wildman–Crippen MR) is 86.5 cm³/mol. The number of carbonyl (C=O) groups is 2. The van der Waals surface area contributed by atoms with Crippen LogP contribution in [-0.2, 0) is 14.2 Å². The van der Waals surface area contributed by atoms with Gasteiger partial charge in [0.15, 0.2) is 7.14 Å². The number of carboxylic acids is 1. The monoisotopic (exact) mass is 316 g/mol. The quantitative estimate of drug-likeness (QED) is 0.831. The third-order valence-corrected chi connectivity index (χ3v) is 6.90. The first-order chi connectivity index (χ1) is 10.5. The molecule has 0 bridgehead atoms. The molecule has 0 aliphatic rings. The Balaban J connectivity index is 2.67. The molecule has 0 fully saturated rings. The summed E-state index contributed by atoms with van der Waals surface area (Å²) in [5.41, 5.74) is -1.25. The summed E-state index contributed by atoms with van der Waals surface area (Å²) in [7, 11) is -3.46. The van der Waals surface area contributed by atoms with Crippen LogP contribution in [0, 0.1) is 0 Å². The van der Waals surface area contributed by atoms with Crippen LogP contribution in [0.15, 0.2) is 60.7 Å². The summed E-state index contributed by atoms with van der Waals surface area (Å²) in [4.78, 5) is 23.2. The van der Waals surface area contributed by atoms with Gasteiger partial charge in [0, 0.05) is 17.0 Å². The van der Waals surface area contributed by atoms with Gasteiger partial charge in [0.2, 0.25) is 0 Å². The van der Waals surface area contributed by atoms with E-state index in [1.54, 1.807) is 60.7 Å². The molecule has 0 amide bonds. The van der Waals surface area contributed by atoms with Gasteiger partial charge in [-0.1, -0.05) is 60.7 Å². The highest BCUT2D eigenvalue weighted by Crippen LogP contribution is 2.50. The van der Waals surface area contributed by atoms with Gasteiger partial charge in [-0.05, 0) is 6.92 Å². The fourth-order valence-corrected chi connectivity index (χ4v) is 5.52. The highest BCUT2D eigenvalue weighted by Gasteiger charge is 2.42. The Hall–Kier alpha value is -2.19. The van der Waals surface area contributed by atoms with Crippen LogP contribution in [-0.4, -0.2) is 22.5 Å². The zero-order valence-electron chi connectivity index (χ0n) is 12.2. The van der Waals surface area contributed by atoms with Crippen molar-refractivity contribution in [1.29, 1.82) is 0 Å². The highest BCUT2D eigenvalue weighted by atomic mass is 31.2. The Bertz CT molecular complexity index is 666. The molecular formula is C17H17O4P. The summed E-state index contributed by atoms with van der Waals surface area (Å²) in [5, 5.41) is 10.5. The van der Waals surface area contributed by atoms with Crippen molar-refractivity contribution >= 4 is 29.5 Å². The maximum absolute atomic E-state index is 13.8. The number of hydrogen-bond donors (Lipinski definition) is 1. The number of carboxylic acid groups (broad SMARTS) is 1. The molecule has 2 rings (SSSR count). The van der Waals surface area contributed by atoms with Crippen molar-refractivity contribution < 1.29 is 19.3 Å². The average molecular weight is 316 g/mol. The third-order valence-electron chi connectivity index (χ3n) is 3.48. The first-order valence-electron chi connectivity index (χ1n) is 6.89. The van der Waals surface area contributed by atoms with Crippen LogP contribution in [0.1, 0.15) is 13.3 Å². The minimum Gasteiger partial charge on any atom is -0.481 e. The summed E-state index contributed by atoms with van der Waals surface area (Å²) in [6, 6.07) is 17.1. The van der Waals surface area contributed by atoms with Crippen molar-refractivity contribution in [2.75, 3.05) is 0 Å². The first kappa shape index (κ1) is 16.2. The lowest BCUT2D eigenvalue weighted by atomic mass is 10.2. The van der Waals surface area contributed by atoms with Crippen LogP contribution in [0.3, 0.4) is 0 Å². The van der Waals surface area contributed by atoms with E-state index >= 15 is 0 Å². The molecule has 22 heavy (non-hydrogen) atoms. The molecule has 2 aromatic carbocycles. The van der Waals surface area contributed by atoms with Crippen LogP contribution in [0.2, 0.25) is 0 Å². The second kappa shape index (κ2) is 6.71. The molecule has 1 N–H and O–H groups in total. The molecule has 0 spiro atoms. The molecule has 0 radical (unpaired) electrons. The topological polar surface area (TPSA) is 71.4 Å². The molecule has 5 heteroatoms. The third kappa shape index (κ3) is 3.18. The molecule has 0 saturated heterocycles. The van der Waals surface area contributed by atoms with E-state index in [9.17, 15) is 19.3 Å². The van der Waals surface area contributed by atoms with Gasteiger partial charge < -0.3 is 9.67 Å². The summed E-state index contributed by atoms with van der Waals surface area (Å²) < 4.78 is 13.8. The standard InChI is InChI=1S/C17H17O4P/c1-13(18)12-16(17(19)20)22(21,14-8-4-2-5-9-14)15-10-6-3-7-11-15/h2-11,16H,12H2,1H3,(H,19,20). The smallest absolute Gasteiger partial charge is 0.315 e. The van der Waals surface area contributed by atoms with E-state index in [1.165, 1.54) is 6.92 Å². The Morgan fingerprint density at radius 1 is 0.955 bits per heavy atom. The number of Topliss-reactive ketones (excluding diaryl/α,β-unsaturated/α-hetero) is 1. The number of hydrogen-bond acceptors (Lipinski definition) is 3. The molecule has 114 valence electrons. The fraction of sp³-hybridized carbons (Fsp3) is 0.176. The van der Waals surface area contributed by atoms with Gasteiger partial charge in [-0.2, -0.15) is 0 Å². The van der Waals surface area contributed by atoms with Crippen LogP contribution in [0.25, 0.3) is 0 Å². The van der Waals surface area contributed by atoms with E-state index in [4.69, 9.17) is 0 Å². The maximum Gasteiger partial charge on any atom is 0.315 e. The minimum atomic E-state index is -3.46. The lowest BCUT2D eigenvalue weighted by molar-refractivity contribution is -0.138. The number of benzene rings is 2. The van der Waals surface area contributed by atoms with Crippen molar-refractivity contribution in [3.63, 3.8) is 0 Å². The van der Waals surface area contributed by atoms with Crippen molar-refractivity contribution in [2.45, 2.75) is 19.0 Å². The molecule has 1 atom stereocenters. The van der Waals surface area contributed by atoms with Gasteiger partial charge in [-0.15, -0.1) is 0 Å². The van der Waals surface area contributed by atoms with E-state index in [1.807, 2.05) is 0 Å². The molecule has 1 unspecified atom stereocenters. The fourth-order valence-electron chi connectivity index (χ4n) is 2.45. The number of carbonyl (C=O) groups excluding carboxylic acids is 1. The Kier molecular flexibility index (Phi) is 4.94. The highest BCUT2D eigenvalue weighted by molar-refractivity contribution is 7.80. The zero-order chi connectivity index (χ0) is 16.2.